The van der Waals surface area contributed by atoms with Crippen LogP contribution in [0.25, 0.3) is 11.0 Å². The lowest BCUT2D eigenvalue weighted by Crippen LogP contribution is -2.33. The summed E-state index contributed by atoms with van der Waals surface area (Å²) in [5.41, 5.74) is -1.09. The highest BCUT2D eigenvalue weighted by Gasteiger charge is 2.33. The first-order chi connectivity index (χ1) is 11.5. The van der Waals surface area contributed by atoms with Gasteiger partial charge in [-0.2, -0.15) is 0 Å². The first kappa shape index (κ1) is 15.7. The third kappa shape index (κ3) is 2.85. The highest BCUT2D eigenvalue weighted by molar-refractivity contribution is 6.03. The zero-order valence-corrected chi connectivity index (χ0v) is 12.7. The van der Waals surface area contributed by atoms with Crippen LogP contribution in [0.5, 0.6) is 5.75 Å². The van der Waals surface area contributed by atoms with E-state index in [1.54, 1.807) is 12.1 Å². The van der Waals surface area contributed by atoms with E-state index >= 15 is 0 Å². The Bertz CT molecular complexity index is 883. The average Bonchev–Trinajstić information content (AvgIpc) is 2.86. The molecule has 0 bridgehead atoms. The van der Waals surface area contributed by atoms with Crippen LogP contribution in [0.15, 0.2) is 33.5 Å². The minimum absolute atomic E-state index is 0.0291. The lowest BCUT2D eigenvalue weighted by atomic mass is 10.2. The van der Waals surface area contributed by atoms with Gasteiger partial charge in [-0.25, -0.2) is 9.59 Å². The second-order valence-electron chi connectivity index (χ2n) is 5.04. The Labute approximate surface area is 135 Å². The fraction of sp³-hybridized carbons (Fsp3) is 0.250. The molecule has 1 saturated heterocycles. The summed E-state index contributed by atoms with van der Waals surface area (Å²) in [5.74, 6) is -1.85. The van der Waals surface area contributed by atoms with Gasteiger partial charge in [0.05, 0.1) is 6.61 Å². The van der Waals surface area contributed by atoms with Crippen molar-refractivity contribution in [1.29, 1.82) is 0 Å². The zero-order valence-electron chi connectivity index (χ0n) is 12.7. The fourth-order valence-electron chi connectivity index (χ4n) is 2.28. The first-order valence-corrected chi connectivity index (χ1v) is 7.28. The number of fused-ring (bicyclic) bond motifs is 1. The molecule has 1 aliphatic heterocycles. The van der Waals surface area contributed by atoms with Crippen molar-refractivity contribution in [2.75, 3.05) is 6.61 Å². The van der Waals surface area contributed by atoms with E-state index in [2.05, 4.69) is 0 Å². The van der Waals surface area contributed by atoms with Crippen LogP contribution >= 0.6 is 0 Å². The number of hydroxylamine groups is 2. The largest absolute Gasteiger partial charge is 0.494 e. The maximum atomic E-state index is 12.1. The molecule has 1 fully saturated rings. The number of nitrogens with zero attached hydrogens (tertiary/aromatic N) is 1. The van der Waals surface area contributed by atoms with Gasteiger partial charge in [-0.05, 0) is 25.1 Å². The Hall–Kier alpha value is -3.16. The summed E-state index contributed by atoms with van der Waals surface area (Å²) in [5, 5.41) is 0.855. The smallest absolute Gasteiger partial charge is 0.371 e. The number of ether oxygens (including phenoxy) is 1. The maximum Gasteiger partial charge on any atom is 0.371 e. The Balaban J connectivity index is 1.91. The predicted molar refractivity (Wildman–Crippen MR) is 80.2 cm³/mol. The Kier molecular flexibility index (Phi) is 4.03. The number of carbonyl (C=O) groups is 3. The molecular weight excluding hydrogens is 318 g/mol. The van der Waals surface area contributed by atoms with Crippen LogP contribution in [0, 0.1) is 0 Å². The lowest BCUT2D eigenvalue weighted by molar-refractivity contribution is -0.172. The van der Waals surface area contributed by atoms with E-state index in [-0.39, 0.29) is 18.4 Å². The standard InChI is InChI=1S/C16H13NO7/c1-2-22-10-4-3-9-7-11(15(20)23-12(9)8-10)16(21)24-17-13(18)5-6-14(17)19/h3-4,7-8H,2,5-6H2,1H3. The summed E-state index contributed by atoms with van der Waals surface area (Å²) in [6.07, 6.45) is -0.0582. The van der Waals surface area contributed by atoms with E-state index in [1.807, 2.05) is 6.92 Å². The molecule has 0 atom stereocenters. The van der Waals surface area contributed by atoms with Gasteiger partial charge in [0.15, 0.2) is 0 Å². The van der Waals surface area contributed by atoms with Crippen molar-refractivity contribution in [3.63, 3.8) is 0 Å². The van der Waals surface area contributed by atoms with Crippen LogP contribution in [-0.2, 0) is 14.4 Å². The molecule has 2 amide bonds. The van der Waals surface area contributed by atoms with E-state index < -0.39 is 29.0 Å². The predicted octanol–water partition coefficient (Wildman–Crippen LogP) is 1.41. The number of hydrogen-bond donors (Lipinski definition) is 0. The molecule has 3 rings (SSSR count). The van der Waals surface area contributed by atoms with Gasteiger partial charge in [-0.15, -0.1) is 5.06 Å². The molecule has 24 heavy (non-hydrogen) atoms. The molecule has 0 aliphatic carbocycles. The summed E-state index contributed by atoms with van der Waals surface area (Å²) >= 11 is 0. The third-order valence-electron chi connectivity index (χ3n) is 3.42. The summed E-state index contributed by atoms with van der Waals surface area (Å²) in [6, 6.07) is 6.09. The summed E-state index contributed by atoms with van der Waals surface area (Å²) in [4.78, 5) is 51.7. The molecular formula is C16H13NO7. The third-order valence-corrected chi connectivity index (χ3v) is 3.42. The Morgan fingerprint density at radius 2 is 1.88 bits per heavy atom. The molecule has 124 valence electrons. The molecule has 8 heteroatoms. The van der Waals surface area contributed by atoms with Gasteiger partial charge >= 0.3 is 11.6 Å². The Morgan fingerprint density at radius 3 is 2.54 bits per heavy atom. The van der Waals surface area contributed by atoms with E-state index in [9.17, 15) is 19.2 Å². The summed E-state index contributed by atoms with van der Waals surface area (Å²) in [7, 11) is 0. The van der Waals surface area contributed by atoms with Crippen molar-refractivity contribution in [2.24, 2.45) is 0 Å². The minimum Gasteiger partial charge on any atom is -0.494 e. The van der Waals surface area contributed by atoms with E-state index in [0.717, 1.165) is 0 Å². The van der Waals surface area contributed by atoms with E-state index in [1.165, 1.54) is 12.1 Å². The number of carbonyl (C=O) groups excluding carboxylic acids is 3. The fourth-order valence-corrected chi connectivity index (χ4v) is 2.28. The van der Waals surface area contributed by atoms with Gasteiger partial charge in [0, 0.05) is 24.3 Å². The second kappa shape index (κ2) is 6.15. The van der Waals surface area contributed by atoms with Crippen molar-refractivity contribution in [3.8, 4) is 5.75 Å². The summed E-state index contributed by atoms with van der Waals surface area (Å²) < 4.78 is 10.4. The Morgan fingerprint density at radius 1 is 1.17 bits per heavy atom. The maximum absolute atomic E-state index is 12.1. The van der Waals surface area contributed by atoms with Gasteiger partial charge in [0.1, 0.15) is 16.9 Å². The molecule has 2 heterocycles. The molecule has 1 aromatic heterocycles. The van der Waals surface area contributed by atoms with Gasteiger partial charge < -0.3 is 14.0 Å². The molecule has 1 aliphatic rings. The highest BCUT2D eigenvalue weighted by Crippen LogP contribution is 2.21. The SMILES string of the molecule is CCOc1ccc2cc(C(=O)ON3C(=O)CCC3=O)c(=O)oc2c1. The average molecular weight is 331 g/mol. The van der Waals surface area contributed by atoms with Crippen LogP contribution < -0.4 is 10.4 Å². The number of amides is 2. The minimum atomic E-state index is -1.12. The van der Waals surface area contributed by atoms with Crippen molar-refractivity contribution in [1.82, 2.24) is 5.06 Å². The van der Waals surface area contributed by atoms with Crippen LogP contribution in [0.3, 0.4) is 0 Å². The normalized spacial score (nSPS) is 14.3. The molecule has 8 nitrogen and oxygen atoms in total. The van der Waals surface area contributed by atoms with Crippen molar-refractivity contribution >= 4 is 28.8 Å². The van der Waals surface area contributed by atoms with Gasteiger partial charge in [-0.1, -0.05) is 0 Å². The molecule has 0 N–H and O–H groups in total. The molecule has 1 aromatic carbocycles. The quantitative estimate of drug-likeness (QED) is 0.616. The van der Waals surface area contributed by atoms with E-state index in [4.69, 9.17) is 14.0 Å². The van der Waals surface area contributed by atoms with E-state index in [0.29, 0.717) is 22.8 Å². The number of rotatable bonds is 4. The molecule has 0 spiro atoms. The number of imide groups is 1. The molecule has 0 unspecified atom stereocenters. The van der Waals surface area contributed by atoms with Crippen molar-refractivity contribution in [3.05, 3.63) is 40.2 Å². The second-order valence-corrected chi connectivity index (χ2v) is 5.04. The van der Waals surface area contributed by atoms with Gasteiger partial charge in [0.25, 0.3) is 11.8 Å². The van der Waals surface area contributed by atoms with Crippen molar-refractivity contribution in [2.45, 2.75) is 19.8 Å². The monoisotopic (exact) mass is 331 g/mol. The number of benzene rings is 1. The van der Waals surface area contributed by atoms with Gasteiger partial charge in [0.2, 0.25) is 0 Å². The highest BCUT2D eigenvalue weighted by atomic mass is 16.7. The molecule has 2 aromatic rings. The summed E-state index contributed by atoms with van der Waals surface area (Å²) in [6.45, 7) is 2.28. The van der Waals surface area contributed by atoms with Crippen LogP contribution in [0.4, 0.5) is 0 Å². The molecule has 0 radical (unpaired) electrons. The zero-order chi connectivity index (χ0) is 17.3. The van der Waals surface area contributed by atoms with Crippen molar-refractivity contribution < 1.29 is 28.4 Å². The van der Waals surface area contributed by atoms with Gasteiger partial charge in [-0.3, -0.25) is 9.59 Å². The topological polar surface area (TPSA) is 103 Å². The van der Waals surface area contributed by atoms with Crippen LogP contribution in [-0.4, -0.2) is 29.5 Å². The number of hydrogen-bond acceptors (Lipinski definition) is 7. The molecule has 0 saturated carbocycles. The van der Waals surface area contributed by atoms with Crippen LogP contribution in [0.1, 0.15) is 30.1 Å². The lowest BCUT2D eigenvalue weighted by Gasteiger charge is -2.12. The van der Waals surface area contributed by atoms with Crippen LogP contribution in [0.2, 0.25) is 0 Å². The first-order valence-electron chi connectivity index (χ1n) is 7.28.